The van der Waals surface area contributed by atoms with E-state index in [-0.39, 0.29) is 0 Å². The fraction of sp³-hybridized carbons (Fsp3) is 0.300. The van der Waals surface area contributed by atoms with Gasteiger partial charge in [0.2, 0.25) is 8.32 Å². The molecule has 122 valence electrons. The predicted molar refractivity (Wildman–Crippen MR) is 101 cm³/mol. The first-order valence-corrected chi connectivity index (χ1v) is 11.3. The Labute approximate surface area is 140 Å². The summed E-state index contributed by atoms with van der Waals surface area (Å²) in [6.45, 7) is 15.1. The van der Waals surface area contributed by atoms with Crippen molar-refractivity contribution in [1.29, 1.82) is 0 Å². The molecule has 0 heterocycles. The van der Waals surface area contributed by atoms with Gasteiger partial charge in [0, 0.05) is 11.6 Å². The summed E-state index contributed by atoms with van der Waals surface area (Å²) in [5.74, 6) is 1.66. The molecule has 2 rings (SSSR count). The lowest BCUT2D eigenvalue weighted by atomic mass is 9.96. The summed E-state index contributed by atoms with van der Waals surface area (Å²) in [4.78, 5) is 0. The standard InChI is InChI=1S/C20H26O2Si/c1-14-10-15(2)12-17(11-14)16(3)19-9-8-18(21-4)13-20(19)22-23(5,6)7/h8-13H,3H2,1-2,4-7H3. The van der Waals surface area contributed by atoms with Crippen LogP contribution in [0.3, 0.4) is 0 Å². The van der Waals surface area contributed by atoms with Crippen molar-refractivity contribution in [3.63, 3.8) is 0 Å². The molecule has 0 unspecified atom stereocenters. The summed E-state index contributed by atoms with van der Waals surface area (Å²) in [6.07, 6.45) is 0. The van der Waals surface area contributed by atoms with Crippen molar-refractivity contribution in [2.75, 3.05) is 7.11 Å². The molecule has 0 aliphatic heterocycles. The lowest BCUT2D eigenvalue weighted by Gasteiger charge is -2.23. The van der Waals surface area contributed by atoms with E-state index in [0.717, 1.165) is 28.2 Å². The molecule has 0 aromatic heterocycles. The SMILES string of the molecule is C=C(c1cc(C)cc(C)c1)c1ccc(OC)cc1O[Si](C)(C)C. The molecule has 0 spiro atoms. The first-order valence-electron chi connectivity index (χ1n) is 7.84. The smallest absolute Gasteiger partial charge is 0.242 e. The zero-order chi connectivity index (χ0) is 17.2. The van der Waals surface area contributed by atoms with E-state index in [2.05, 4.69) is 58.3 Å². The van der Waals surface area contributed by atoms with Gasteiger partial charge in [0.25, 0.3) is 0 Å². The first kappa shape index (κ1) is 17.4. The van der Waals surface area contributed by atoms with Crippen LogP contribution in [-0.2, 0) is 0 Å². The third kappa shape index (κ3) is 4.49. The molecule has 2 aromatic carbocycles. The number of aryl methyl sites for hydroxylation is 2. The zero-order valence-corrected chi connectivity index (χ0v) is 16.0. The largest absolute Gasteiger partial charge is 0.544 e. The average molecular weight is 327 g/mol. The quantitative estimate of drug-likeness (QED) is 0.667. The van der Waals surface area contributed by atoms with E-state index in [1.807, 2.05) is 18.2 Å². The van der Waals surface area contributed by atoms with Crippen LogP contribution in [0, 0.1) is 13.8 Å². The van der Waals surface area contributed by atoms with Gasteiger partial charge in [-0.25, -0.2) is 0 Å². The van der Waals surface area contributed by atoms with Gasteiger partial charge in [-0.15, -0.1) is 0 Å². The van der Waals surface area contributed by atoms with Crippen molar-refractivity contribution in [2.45, 2.75) is 33.5 Å². The molecule has 0 bridgehead atoms. The van der Waals surface area contributed by atoms with Crippen molar-refractivity contribution in [3.8, 4) is 11.5 Å². The molecular weight excluding hydrogens is 300 g/mol. The molecule has 23 heavy (non-hydrogen) atoms. The molecule has 0 fully saturated rings. The Morgan fingerprint density at radius 2 is 1.57 bits per heavy atom. The minimum Gasteiger partial charge on any atom is -0.544 e. The Kier molecular flexibility index (Phi) is 5.00. The van der Waals surface area contributed by atoms with Gasteiger partial charge >= 0.3 is 0 Å². The normalized spacial score (nSPS) is 11.2. The molecule has 0 aliphatic rings. The fourth-order valence-electron chi connectivity index (χ4n) is 2.60. The Morgan fingerprint density at radius 1 is 0.957 bits per heavy atom. The Hall–Kier alpha value is -2.00. The van der Waals surface area contributed by atoms with E-state index >= 15 is 0 Å². The zero-order valence-electron chi connectivity index (χ0n) is 15.0. The topological polar surface area (TPSA) is 18.5 Å². The number of ether oxygens (including phenoxy) is 1. The van der Waals surface area contributed by atoms with Crippen molar-refractivity contribution in [3.05, 3.63) is 65.2 Å². The van der Waals surface area contributed by atoms with Gasteiger partial charge in [-0.3, -0.25) is 0 Å². The lowest BCUT2D eigenvalue weighted by molar-refractivity contribution is 0.412. The molecule has 0 saturated carbocycles. The number of rotatable bonds is 5. The summed E-state index contributed by atoms with van der Waals surface area (Å²) in [6, 6.07) is 12.5. The summed E-state index contributed by atoms with van der Waals surface area (Å²) < 4.78 is 11.6. The minimum atomic E-state index is -1.73. The van der Waals surface area contributed by atoms with Gasteiger partial charge in [-0.05, 0) is 56.8 Å². The summed E-state index contributed by atoms with van der Waals surface area (Å²) in [5, 5.41) is 0. The van der Waals surface area contributed by atoms with Gasteiger partial charge in [0.1, 0.15) is 11.5 Å². The van der Waals surface area contributed by atoms with Crippen LogP contribution in [0.5, 0.6) is 11.5 Å². The predicted octanol–water partition coefficient (Wildman–Crippen LogP) is 5.59. The molecule has 2 aromatic rings. The lowest BCUT2D eigenvalue weighted by Crippen LogP contribution is -2.29. The van der Waals surface area contributed by atoms with Crippen molar-refractivity contribution < 1.29 is 9.16 Å². The second kappa shape index (κ2) is 6.63. The average Bonchev–Trinajstić information content (AvgIpc) is 2.43. The summed E-state index contributed by atoms with van der Waals surface area (Å²) in [5.41, 5.74) is 5.61. The van der Waals surface area contributed by atoms with Crippen LogP contribution < -0.4 is 9.16 Å². The molecule has 0 aliphatic carbocycles. The fourth-order valence-corrected chi connectivity index (χ4v) is 3.43. The molecule has 0 radical (unpaired) electrons. The Balaban J connectivity index is 2.50. The highest BCUT2D eigenvalue weighted by atomic mass is 28.4. The number of hydrogen-bond donors (Lipinski definition) is 0. The minimum absolute atomic E-state index is 0.801. The molecule has 0 atom stereocenters. The van der Waals surface area contributed by atoms with Crippen LogP contribution in [0.2, 0.25) is 19.6 Å². The highest BCUT2D eigenvalue weighted by Gasteiger charge is 2.20. The van der Waals surface area contributed by atoms with E-state index in [4.69, 9.17) is 9.16 Å². The maximum absolute atomic E-state index is 6.28. The van der Waals surface area contributed by atoms with Crippen LogP contribution in [-0.4, -0.2) is 15.4 Å². The van der Waals surface area contributed by atoms with E-state index in [1.165, 1.54) is 11.1 Å². The summed E-state index contributed by atoms with van der Waals surface area (Å²) in [7, 11) is -0.0578. The van der Waals surface area contributed by atoms with Gasteiger partial charge in [-0.1, -0.05) is 35.9 Å². The number of hydrogen-bond acceptors (Lipinski definition) is 2. The molecule has 0 amide bonds. The van der Waals surface area contributed by atoms with Crippen LogP contribution in [0.1, 0.15) is 22.3 Å². The monoisotopic (exact) mass is 326 g/mol. The Morgan fingerprint density at radius 3 is 2.09 bits per heavy atom. The first-order chi connectivity index (χ1) is 10.7. The molecule has 2 nitrogen and oxygen atoms in total. The maximum atomic E-state index is 6.28. The van der Waals surface area contributed by atoms with Crippen molar-refractivity contribution >= 4 is 13.9 Å². The van der Waals surface area contributed by atoms with Gasteiger partial charge in [-0.2, -0.15) is 0 Å². The Bertz CT molecular complexity index is 707. The third-order valence-corrected chi connectivity index (χ3v) is 4.33. The van der Waals surface area contributed by atoms with E-state index in [0.29, 0.717) is 0 Å². The van der Waals surface area contributed by atoms with E-state index < -0.39 is 8.32 Å². The van der Waals surface area contributed by atoms with Crippen LogP contribution >= 0.6 is 0 Å². The second-order valence-corrected chi connectivity index (χ2v) is 11.4. The highest BCUT2D eigenvalue weighted by molar-refractivity contribution is 6.70. The molecule has 3 heteroatoms. The molecule has 0 N–H and O–H groups in total. The summed E-state index contributed by atoms with van der Waals surface area (Å²) >= 11 is 0. The maximum Gasteiger partial charge on any atom is 0.242 e. The molecule has 0 saturated heterocycles. The van der Waals surface area contributed by atoms with Crippen molar-refractivity contribution in [2.24, 2.45) is 0 Å². The van der Waals surface area contributed by atoms with Crippen LogP contribution in [0.15, 0.2) is 43.0 Å². The van der Waals surface area contributed by atoms with Crippen molar-refractivity contribution in [1.82, 2.24) is 0 Å². The van der Waals surface area contributed by atoms with Gasteiger partial charge in [0.15, 0.2) is 0 Å². The second-order valence-electron chi connectivity index (χ2n) is 6.93. The van der Waals surface area contributed by atoms with E-state index in [1.54, 1.807) is 7.11 Å². The third-order valence-electron chi connectivity index (χ3n) is 3.50. The van der Waals surface area contributed by atoms with Gasteiger partial charge in [0.05, 0.1) is 7.11 Å². The van der Waals surface area contributed by atoms with Crippen LogP contribution in [0.4, 0.5) is 0 Å². The molecular formula is C20H26O2Si. The van der Waals surface area contributed by atoms with Gasteiger partial charge < -0.3 is 9.16 Å². The number of methoxy groups -OCH3 is 1. The highest BCUT2D eigenvalue weighted by Crippen LogP contribution is 2.35. The van der Waals surface area contributed by atoms with E-state index in [9.17, 15) is 0 Å². The van der Waals surface area contributed by atoms with Crippen LogP contribution in [0.25, 0.3) is 5.57 Å². The number of benzene rings is 2.